The number of nitrogens with zero attached hydrogens (tertiary/aromatic N) is 1. The van der Waals surface area contributed by atoms with Crippen molar-refractivity contribution in [3.63, 3.8) is 0 Å². The third kappa shape index (κ3) is 5.67. The van der Waals surface area contributed by atoms with Crippen LogP contribution in [0.1, 0.15) is 37.0 Å². The molecule has 2 aromatic carbocycles. The predicted octanol–water partition coefficient (Wildman–Crippen LogP) is 3.69. The van der Waals surface area contributed by atoms with Crippen LogP contribution in [0.4, 0.5) is 0 Å². The number of carbonyl (C=O) groups excluding carboxylic acids is 3. The molecule has 1 fully saturated rings. The van der Waals surface area contributed by atoms with Crippen LogP contribution in [-0.2, 0) is 14.3 Å². The molecule has 29 heavy (non-hydrogen) atoms. The molecule has 2 aromatic rings. The Labute approximate surface area is 170 Å². The molecule has 6 heteroatoms. The van der Waals surface area contributed by atoms with Crippen molar-refractivity contribution in [2.75, 3.05) is 19.7 Å². The monoisotopic (exact) mass is 395 g/mol. The summed E-state index contributed by atoms with van der Waals surface area (Å²) in [6, 6.07) is 14.1. The van der Waals surface area contributed by atoms with Crippen LogP contribution < -0.4 is 4.74 Å². The first-order valence-electron chi connectivity index (χ1n) is 9.76. The van der Waals surface area contributed by atoms with Crippen molar-refractivity contribution in [1.29, 1.82) is 0 Å². The molecule has 0 bridgehead atoms. The lowest BCUT2D eigenvalue weighted by Crippen LogP contribution is -2.41. The van der Waals surface area contributed by atoms with Gasteiger partial charge in [0.25, 0.3) is 5.91 Å². The molecule has 0 N–H and O–H groups in total. The van der Waals surface area contributed by atoms with Crippen molar-refractivity contribution >= 4 is 17.8 Å². The summed E-state index contributed by atoms with van der Waals surface area (Å²) in [5, 5.41) is 0. The molecule has 0 radical (unpaired) electrons. The minimum absolute atomic E-state index is 0.144. The van der Waals surface area contributed by atoms with E-state index in [9.17, 15) is 14.4 Å². The van der Waals surface area contributed by atoms with Gasteiger partial charge in [-0.2, -0.15) is 0 Å². The molecule has 1 atom stereocenters. The molecule has 0 aromatic heterocycles. The summed E-state index contributed by atoms with van der Waals surface area (Å²) in [6.07, 6.45) is 2.12. The first-order chi connectivity index (χ1) is 13.9. The zero-order valence-corrected chi connectivity index (χ0v) is 16.7. The second kappa shape index (κ2) is 9.37. The quantitative estimate of drug-likeness (QED) is 0.570. The van der Waals surface area contributed by atoms with Crippen LogP contribution in [-0.4, -0.2) is 42.4 Å². The molecule has 1 aliphatic rings. The van der Waals surface area contributed by atoms with Gasteiger partial charge >= 0.3 is 11.9 Å². The van der Waals surface area contributed by atoms with Crippen molar-refractivity contribution in [3.05, 3.63) is 54.1 Å². The van der Waals surface area contributed by atoms with E-state index in [1.165, 1.54) is 6.92 Å². The highest BCUT2D eigenvalue weighted by molar-refractivity contribution is 5.92. The maximum absolute atomic E-state index is 12.2. The molecule has 152 valence electrons. The number of amides is 1. The van der Waals surface area contributed by atoms with Gasteiger partial charge in [0.1, 0.15) is 5.75 Å². The van der Waals surface area contributed by atoms with Gasteiger partial charge in [-0.25, -0.2) is 4.79 Å². The minimum atomic E-state index is -0.514. The molecule has 1 aliphatic heterocycles. The maximum atomic E-state index is 12.2. The van der Waals surface area contributed by atoms with Crippen LogP contribution in [0, 0.1) is 5.92 Å². The second-order valence-electron chi connectivity index (χ2n) is 7.36. The third-order valence-corrected chi connectivity index (χ3v) is 4.91. The Hall–Kier alpha value is -3.15. The van der Waals surface area contributed by atoms with Crippen molar-refractivity contribution in [3.8, 4) is 16.9 Å². The fourth-order valence-electron chi connectivity index (χ4n) is 3.40. The lowest BCUT2D eigenvalue weighted by molar-refractivity contribution is -0.136. The fraction of sp³-hybridized carbons (Fsp3) is 0.348. The minimum Gasteiger partial charge on any atom is -0.452 e. The Morgan fingerprint density at radius 2 is 1.62 bits per heavy atom. The van der Waals surface area contributed by atoms with E-state index >= 15 is 0 Å². The highest BCUT2D eigenvalue weighted by Crippen LogP contribution is 2.23. The summed E-state index contributed by atoms with van der Waals surface area (Å²) < 4.78 is 10.2. The number of likely N-dealkylation sites (tertiary alicyclic amines) is 1. The van der Waals surface area contributed by atoms with Crippen molar-refractivity contribution < 1.29 is 23.9 Å². The SMILES string of the molecule is CC(=O)Oc1ccc(-c2ccc(C(=O)OCC(=O)N3CCC[C@@H](C)C3)cc2)cc1. The van der Waals surface area contributed by atoms with Gasteiger partial charge in [-0.15, -0.1) is 0 Å². The summed E-state index contributed by atoms with van der Waals surface area (Å²) >= 11 is 0. The average Bonchev–Trinajstić information content (AvgIpc) is 2.72. The van der Waals surface area contributed by atoms with E-state index in [1.54, 1.807) is 29.2 Å². The zero-order valence-electron chi connectivity index (χ0n) is 16.7. The molecule has 1 saturated heterocycles. The number of hydrogen-bond donors (Lipinski definition) is 0. The van der Waals surface area contributed by atoms with Gasteiger partial charge in [-0.3, -0.25) is 9.59 Å². The summed E-state index contributed by atoms with van der Waals surface area (Å²) in [5.41, 5.74) is 2.23. The Bertz CT molecular complexity index is 873. The van der Waals surface area contributed by atoms with Crippen molar-refractivity contribution in [1.82, 2.24) is 4.90 Å². The van der Waals surface area contributed by atoms with E-state index in [1.807, 2.05) is 24.3 Å². The Morgan fingerprint density at radius 3 is 2.21 bits per heavy atom. The number of esters is 2. The summed E-state index contributed by atoms with van der Waals surface area (Å²) in [4.78, 5) is 37.2. The molecule has 1 heterocycles. The molecule has 3 rings (SSSR count). The summed E-state index contributed by atoms with van der Waals surface area (Å²) in [5.74, 6) is -0.0586. The van der Waals surface area contributed by atoms with Gasteiger partial charge < -0.3 is 14.4 Å². The van der Waals surface area contributed by atoms with Crippen LogP contribution in [0.3, 0.4) is 0 Å². The second-order valence-corrected chi connectivity index (χ2v) is 7.36. The Kier molecular flexibility index (Phi) is 6.65. The molecule has 0 spiro atoms. The van der Waals surface area contributed by atoms with Gasteiger partial charge in [-0.05, 0) is 54.2 Å². The molecule has 0 saturated carbocycles. The molecule has 1 amide bonds. The highest BCUT2D eigenvalue weighted by atomic mass is 16.5. The standard InChI is InChI=1S/C23H25NO5/c1-16-4-3-13-24(14-16)22(26)15-28-23(27)20-7-5-18(6-8-20)19-9-11-21(12-10-19)29-17(2)25/h5-12,16H,3-4,13-15H2,1-2H3/t16-/m1/s1. The van der Waals surface area contributed by atoms with E-state index in [0.717, 1.165) is 37.1 Å². The number of ether oxygens (including phenoxy) is 2. The van der Waals surface area contributed by atoms with Crippen LogP contribution in [0.5, 0.6) is 5.75 Å². The van der Waals surface area contributed by atoms with Crippen molar-refractivity contribution in [2.24, 2.45) is 5.92 Å². The fourth-order valence-corrected chi connectivity index (χ4v) is 3.40. The number of rotatable bonds is 5. The van der Waals surface area contributed by atoms with Gasteiger partial charge in [0.15, 0.2) is 6.61 Å². The van der Waals surface area contributed by atoms with E-state index < -0.39 is 5.97 Å². The largest absolute Gasteiger partial charge is 0.452 e. The van der Waals surface area contributed by atoms with Crippen LogP contribution in [0.25, 0.3) is 11.1 Å². The number of carbonyl (C=O) groups is 3. The predicted molar refractivity (Wildman–Crippen MR) is 108 cm³/mol. The zero-order chi connectivity index (χ0) is 20.8. The van der Waals surface area contributed by atoms with Crippen LogP contribution >= 0.6 is 0 Å². The lowest BCUT2D eigenvalue weighted by Gasteiger charge is -2.30. The Balaban J connectivity index is 1.56. The topological polar surface area (TPSA) is 72.9 Å². The van der Waals surface area contributed by atoms with Gasteiger partial charge in [-0.1, -0.05) is 31.2 Å². The maximum Gasteiger partial charge on any atom is 0.338 e. The van der Waals surface area contributed by atoms with Crippen LogP contribution in [0.15, 0.2) is 48.5 Å². The van der Waals surface area contributed by atoms with E-state index in [-0.39, 0.29) is 18.5 Å². The number of piperidine rings is 1. The first kappa shape index (κ1) is 20.6. The number of benzene rings is 2. The summed E-state index contributed by atoms with van der Waals surface area (Å²) in [7, 11) is 0. The lowest BCUT2D eigenvalue weighted by atomic mass is 10.0. The van der Waals surface area contributed by atoms with E-state index in [2.05, 4.69) is 6.92 Å². The van der Waals surface area contributed by atoms with Crippen molar-refractivity contribution in [2.45, 2.75) is 26.7 Å². The Morgan fingerprint density at radius 1 is 1.00 bits per heavy atom. The molecule has 0 aliphatic carbocycles. The molecule has 6 nitrogen and oxygen atoms in total. The first-order valence-corrected chi connectivity index (χ1v) is 9.76. The van der Waals surface area contributed by atoms with E-state index in [4.69, 9.17) is 9.47 Å². The highest BCUT2D eigenvalue weighted by Gasteiger charge is 2.22. The van der Waals surface area contributed by atoms with Gasteiger partial charge in [0.2, 0.25) is 0 Å². The number of hydrogen-bond acceptors (Lipinski definition) is 5. The molecular weight excluding hydrogens is 370 g/mol. The molecule has 0 unspecified atom stereocenters. The van der Waals surface area contributed by atoms with Gasteiger partial charge in [0.05, 0.1) is 5.56 Å². The van der Waals surface area contributed by atoms with E-state index in [0.29, 0.717) is 17.2 Å². The molecular formula is C23H25NO5. The van der Waals surface area contributed by atoms with Crippen LogP contribution in [0.2, 0.25) is 0 Å². The summed E-state index contributed by atoms with van der Waals surface area (Å²) in [6.45, 7) is 4.70. The van der Waals surface area contributed by atoms with Gasteiger partial charge in [0, 0.05) is 20.0 Å². The average molecular weight is 395 g/mol. The normalized spacial score (nSPS) is 16.2. The smallest absolute Gasteiger partial charge is 0.338 e. The third-order valence-electron chi connectivity index (χ3n) is 4.91.